The van der Waals surface area contributed by atoms with Crippen molar-refractivity contribution in [2.75, 3.05) is 6.61 Å². The zero-order valence-corrected chi connectivity index (χ0v) is 11.9. The number of aromatic nitrogens is 1. The summed E-state index contributed by atoms with van der Waals surface area (Å²) in [7, 11) is 0. The topological polar surface area (TPSA) is 65.2 Å². The van der Waals surface area contributed by atoms with Crippen molar-refractivity contribution in [3.63, 3.8) is 0 Å². The lowest BCUT2D eigenvalue weighted by Gasteiger charge is -2.11. The molecule has 0 aromatic carbocycles. The number of nitrogens with zero attached hydrogens (tertiary/aromatic N) is 1. The van der Waals surface area contributed by atoms with E-state index in [-0.39, 0.29) is 30.8 Å². The van der Waals surface area contributed by atoms with Crippen LogP contribution < -0.4 is 5.73 Å². The van der Waals surface area contributed by atoms with Gasteiger partial charge in [-0.15, -0.1) is 0 Å². The molecule has 1 aromatic heterocycles. The first kappa shape index (κ1) is 15.2. The molecule has 4 nitrogen and oxygen atoms in total. The van der Waals surface area contributed by atoms with Gasteiger partial charge in [0.25, 0.3) is 6.43 Å². The van der Waals surface area contributed by atoms with E-state index in [0.717, 1.165) is 0 Å². The van der Waals surface area contributed by atoms with E-state index in [2.05, 4.69) is 4.98 Å². The molecule has 0 aliphatic carbocycles. The Hall–Kier alpha value is -0.830. The molecule has 0 unspecified atom stereocenters. The van der Waals surface area contributed by atoms with E-state index in [1.165, 1.54) is 6.07 Å². The minimum absolute atomic E-state index is 0.0391. The van der Waals surface area contributed by atoms with E-state index in [1.54, 1.807) is 6.92 Å². The van der Waals surface area contributed by atoms with Crippen LogP contribution in [-0.2, 0) is 22.5 Å². The third-order valence-corrected chi connectivity index (χ3v) is 3.14. The molecular formula is C11H13F2IN2O2. The molecule has 100 valence electrons. The van der Waals surface area contributed by atoms with E-state index in [1.807, 2.05) is 22.6 Å². The van der Waals surface area contributed by atoms with Crippen LogP contribution in [0.3, 0.4) is 0 Å². The van der Waals surface area contributed by atoms with Gasteiger partial charge in [-0.3, -0.25) is 9.78 Å². The van der Waals surface area contributed by atoms with Crippen molar-refractivity contribution in [3.05, 3.63) is 26.6 Å². The number of carbonyl (C=O) groups is 1. The summed E-state index contributed by atoms with van der Waals surface area (Å²) in [6.07, 6.45) is -2.66. The van der Waals surface area contributed by atoms with Crippen LogP contribution in [0.25, 0.3) is 0 Å². The quantitative estimate of drug-likeness (QED) is 0.638. The van der Waals surface area contributed by atoms with Crippen LogP contribution in [0.1, 0.15) is 30.3 Å². The highest BCUT2D eigenvalue weighted by Crippen LogP contribution is 2.25. The Balaban J connectivity index is 3.04. The smallest absolute Gasteiger partial charge is 0.311 e. The number of ether oxygens (including phenoxy) is 1. The molecular weight excluding hydrogens is 357 g/mol. The van der Waals surface area contributed by atoms with Gasteiger partial charge in [0.1, 0.15) is 0 Å². The van der Waals surface area contributed by atoms with Gasteiger partial charge in [-0.05, 0) is 35.6 Å². The van der Waals surface area contributed by atoms with Crippen molar-refractivity contribution in [3.8, 4) is 0 Å². The van der Waals surface area contributed by atoms with Gasteiger partial charge >= 0.3 is 5.97 Å². The Morgan fingerprint density at radius 2 is 2.22 bits per heavy atom. The molecule has 7 heteroatoms. The maximum absolute atomic E-state index is 12.7. The van der Waals surface area contributed by atoms with Crippen molar-refractivity contribution in [1.29, 1.82) is 0 Å². The molecule has 18 heavy (non-hydrogen) atoms. The van der Waals surface area contributed by atoms with Crippen LogP contribution in [0.5, 0.6) is 0 Å². The molecule has 0 aliphatic rings. The zero-order valence-electron chi connectivity index (χ0n) is 9.75. The van der Waals surface area contributed by atoms with Crippen molar-refractivity contribution in [2.45, 2.75) is 26.3 Å². The summed E-state index contributed by atoms with van der Waals surface area (Å²) in [6, 6.07) is 1.31. The third kappa shape index (κ3) is 3.84. The number of pyridine rings is 1. The average Bonchev–Trinajstić information content (AvgIpc) is 2.31. The summed E-state index contributed by atoms with van der Waals surface area (Å²) in [6.45, 7) is 1.88. The predicted molar refractivity (Wildman–Crippen MR) is 70.1 cm³/mol. The number of rotatable bonds is 5. The fraction of sp³-hybridized carbons (Fsp3) is 0.455. The highest BCUT2D eigenvalue weighted by atomic mass is 127. The number of hydrogen-bond acceptors (Lipinski definition) is 4. The summed E-state index contributed by atoms with van der Waals surface area (Å²) in [5.41, 5.74) is 5.73. The summed E-state index contributed by atoms with van der Waals surface area (Å²) in [5.74, 6) is -0.435. The summed E-state index contributed by atoms with van der Waals surface area (Å²) in [5, 5.41) is 0. The van der Waals surface area contributed by atoms with E-state index in [4.69, 9.17) is 10.5 Å². The fourth-order valence-electron chi connectivity index (χ4n) is 1.41. The Morgan fingerprint density at radius 1 is 1.56 bits per heavy atom. The lowest BCUT2D eigenvalue weighted by Crippen LogP contribution is -2.14. The molecule has 0 bridgehead atoms. The van der Waals surface area contributed by atoms with Gasteiger partial charge in [0.2, 0.25) is 0 Å². The van der Waals surface area contributed by atoms with Crippen molar-refractivity contribution in [2.24, 2.45) is 5.73 Å². The summed E-state index contributed by atoms with van der Waals surface area (Å²) >= 11 is 1.87. The van der Waals surface area contributed by atoms with E-state index < -0.39 is 12.4 Å². The first-order valence-corrected chi connectivity index (χ1v) is 6.39. The standard InChI is InChI=1S/C11H13F2IN2O2/c1-2-18-10(17)4-8-7(14)3-6(11(12)13)9(5-15)16-8/h3,11H,2,4-5,15H2,1H3. The molecule has 0 saturated carbocycles. The maximum atomic E-state index is 12.7. The van der Waals surface area contributed by atoms with Gasteiger partial charge in [0.15, 0.2) is 0 Å². The Bertz CT molecular complexity index is 441. The molecule has 1 heterocycles. The van der Waals surface area contributed by atoms with E-state index in [0.29, 0.717) is 9.26 Å². The molecule has 1 rings (SSSR count). The Morgan fingerprint density at radius 3 is 2.72 bits per heavy atom. The predicted octanol–water partition coefficient (Wildman–Crippen LogP) is 2.19. The number of alkyl halides is 2. The number of esters is 1. The van der Waals surface area contributed by atoms with Gasteiger partial charge < -0.3 is 10.5 Å². The first-order valence-electron chi connectivity index (χ1n) is 5.31. The highest BCUT2D eigenvalue weighted by Gasteiger charge is 2.18. The van der Waals surface area contributed by atoms with Crippen LogP contribution in [0.2, 0.25) is 0 Å². The largest absolute Gasteiger partial charge is 0.466 e. The number of carbonyl (C=O) groups excluding carboxylic acids is 1. The molecule has 0 atom stereocenters. The van der Waals surface area contributed by atoms with Gasteiger partial charge in [0, 0.05) is 15.7 Å². The Labute approximate surface area is 117 Å². The summed E-state index contributed by atoms with van der Waals surface area (Å²) in [4.78, 5) is 15.4. The first-order chi connectivity index (χ1) is 8.49. The molecule has 1 aromatic rings. The van der Waals surface area contributed by atoms with Crippen LogP contribution in [0, 0.1) is 3.57 Å². The molecule has 0 spiro atoms. The molecule has 0 aliphatic heterocycles. The van der Waals surface area contributed by atoms with Crippen LogP contribution in [-0.4, -0.2) is 17.6 Å². The number of hydrogen-bond donors (Lipinski definition) is 1. The average molecular weight is 370 g/mol. The summed E-state index contributed by atoms with van der Waals surface area (Å²) < 4.78 is 30.7. The fourth-order valence-corrected chi connectivity index (χ4v) is 2.06. The second-order valence-corrected chi connectivity index (χ2v) is 4.60. The molecule has 0 saturated heterocycles. The normalized spacial score (nSPS) is 10.8. The SMILES string of the molecule is CCOC(=O)Cc1nc(CN)c(C(F)F)cc1I. The van der Waals surface area contributed by atoms with Crippen molar-refractivity contribution in [1.82, 2.24) is 4.98 Å². The van der Waals surface area contributed by atoms with Gasteiger partial charge in [-0.25, -0.2) is 8.78 Å². The highest BCUT2D eigenvalue weighted by molar-refractivity contribution is 14.1. The molecule has 2 N–H and O–H groups in total. The molecule has 0 radical (unpaired) electrons. The minimum Gasteiger partial charge on any atom is -0.466 e. The minimum atomic E-state index is -2.62. The zero-order chi connectivity index (χ0) is 13.7. The van der Waals surface area contributed by atoms with Crippen molar-refractivity contribution >= 4 is 28.6 Å². The lowest BCUT2D eigenvalue weighted by atomic mass is 10.1. The number of halogens is 3. The van der Waals surface area contributed by atoms with Gasteiger partial charge in [-0.1, -0.05) is 0 Å². The van der Waals surface area contributed by atoms with E-state index >= 15 is 0 Å². The third-order valence-electron chi connectivity index (χ3n) is 2.21. The van der Waals surface area contributed by atoms with Gasteiger partial charge in [-0.2, -0.15) is 0 Å². The maximum Gasteiger partial charge on any atom is 0.311 e. The second kappa shape index (κ2) is 6.93. The van der Waals surface area contributed by atoms with Crippen LogP contribution in [0.4, 0.5) is 8.78 Å². The second-order valence-electron chi connectivity index (χ2n) is 3.44. The Kier molecular flexibility index (Phi) is 5.86. The number of nitrogens with two attached hydrogens (primary N) is 1. The lowest BCUT2D eigenvalue weighted by molar-refractivity contribution is -0.142. The monoisotopic (exact) mass is 370 g/mol. The van der Waals surface area contributed by atoms with Crippen LogP contribution >= 0.6 is 22.6 Å². The van der Waals surface area contributed by atoms with Crippen LogP contribution in [0.15, 0.2) is 6.07 Å². The van der Waals surface area contributed by atoms with Gasteiger partial charge in [0.05, 0.1) is 24.4 Å². The molecule has 0 amide bonds. The van der Waals surface area contributed by atoms with E-state index in [9.17, 15) is 13.6 Å². The van der Waals surface area contributed by atoms with Crippen molar-refractivity contribution < 1.29 is 18.3 Å². The molecule has 0 fully saturated rings.